The highest BCUT2D eigenvalue weighted by Crippen LogP contribution is 2.25. The fourth-order valence-corrected chi connectivity index (χ4v) is 5.03. The lowest BCUT2D eigenvalue weighted by atomic mass is 10.0. The van der Waals surface area contributed by atoms with Crippen LogP contribution in [0.5, 0.6) is 5.75 Å². The van der Waals surface area contributed by atoms with Crippen LogP contribution in [0.2, 0.25) is 0 Å². The van der Waals surface area contributed by atoms with Gasteiger partial charge >= 0.3 is 0 Å². The number of para-hydroxylation sites is 1. The third-order valence-electron chi connectivity index (χ3n) is 4.51. The highest BCUT2D eigenvalue weighted by atomic mass is 32.2. The van der Waals surface area contributed by atoms with Crippen molar-refractivity contribution in [3.05, 3.63) is 30.1 Å². The highest BCUT2D eigenvalue weighted by molar-refractivity contribution is 7.86. The second kappa shape index (κ2) is 7.15. The minimum Gasteiger partial charge on any atom is -0.490 e. The molecule has 0 aliphatic carbocycles. The summed E-state index contributed by atoms with van der Waals surface area (Å²) in [6, 6.07) is 6.30. The fourth-order valence-electron chi connectivity index (χ4n) is 3.22. The van der Waals surface area contributed by atoms with E-state index in [1.54, 1.807) is 26.8 Å². The summed E-state index contributed by atoms with van der Waals surface area (Å²) in [5, 5.41) is 0. The largest absolute Gasteiger partial charge is 0.490 e. The van der Waals surface area contributed by atoms with Gasteiger partial charge in [-0.1, -0.05) is 12.1 Å². The zero-order chi connectivity index (χ0) is 16.3. The van der Waals surface area contributed by atoms with Crippen LogP contribution in [0, 0.1) is 11.7 Å². The van der Waals surface area contributed by atoms with Crippen molar-refractivity contribution in [3.63, 3.8) is 0 Å². The quantitative estimate of drug-likeness (QED) is 0.825. The summed E-state index contributed by atoms with van der Waals surface area (Å²) in [5.74, 6) is -0.0578. The minimum absolute atomic E-state index is 0.0979. The third kappa shape index (κ3) is 3.84. The molecule has 0 aromatic heterocycles. The monoisotopic (exact) mass is 342 g/mol. The van der Waals surface area contributed by atoms with Gasteiger partial charge < -0.3 is 4.74 Å². The Hall–Kier alpha value is -1.18. The molecule has 0 spiro atoms. The maximum atomic E-state index is 13.6. The molecule has 2 saturated heterocycles. The van der Waals surface area contributed by atoms with Crippen molar-refractivity contribution < 1.29 is 17.5 Å². The van der Waals surface area contributed by atoms with Gasteiger partial charge in [-0.2, -0.15) is 17.0 Å². The molecule has 0 saturated carbocycles. The molecule has 1 atom stereocenters. The SMILES string of the molecule is O=S(=O)(N1CCCC1)N1CCC[C@H](COc2ccccc2F)C1. The van der Waals surface area contributed by atoms with Crippen LogP contribution >= 0.6 is 0 Å². The topological polar surface area (TPSA) is 49.9 Å². The molecular weight excluding hydrogens is 319 g/mol. The molecule has 3 rings (SSSR count). The Labute approximate surface area is 137 Å². The third-order valence-corrected chi connectivity index (χ3v) is 6.51. The van der Waals surface area contributed by atoms with Crippen LogP contribution in [0.4, 0.5) is 4.39 Å². The molecule has 0 amide bonds. The summed E-state index contributed by atoms with van der Waals surface area (Å²) in [5.41, 5.74) is 0. The minimum atomic E-state index is -3.35. The summed E-state index contributed by atoms with van der Waals surface area (Å²) in [6.45, 7) is 2.60. The lowest BCUT2D eigenvalue weighted by Crippen LogP contribution is -2.47. The molecule has 2 fully saturated rings. The van der Waals surface area contributed by atoms with E-state index in [1.807, 2.05) is 0 Å². The van der Waals surface area contributed by atoms with E-state index in [0.29, 0.717) is 32.8 Å². The molecule has 2 heterocycles. The predicted molar refractivity (Wildman–Crippen MR) is 85.9 cm³/mol. The van der Waals surface area contributed by atoms with E-state index in [0.717, 1.165) is 25.7 Å². The van der Waals surface area contributed by atoms with Crippen molar-refractivity contribution in [3.8, 4) is 5.75 Å². The van der Waals surface area contributed by atoms with Crippen molar-refractivity contribution in [2.45, 2.75) is 25.7 Å². The summed E-state index contributed by atoms with van der Waals surface area (Å²) < 4.78 is 47.5. The molecule has 0 unspecified atom stereocenters. The standard InChI is InChI=1S/C16H23FN2O3S/c17-15-7-1-2-8-16(15)22-13-14-6-5-11-19(12-14)23(20,21)18-9-3-4-10-18/h1-2,7-8,14H,3-6,9-13H2/t14-/m0/s1. The van der Waals surface area contributed by atoms with Gasteiger partial charge in [-0.3, -0.25) is 0 Å². The number of piperidine rings is 1. The number of hydrogen-bond acceptors (Lipinski definition) is 3. The predicted octanol–water partition coefficient (Wildman–Crippen LogP) is 2.26. The second-order valence-corrected chi connectivity index (χ2v) is 8.15. The molecular formula is C16H23FN2O3S. The first-order chi connectivity index (χ1) is 11.1. The van der Waals surface area contributed by atoms with Crippen molar-refractivity contribution in [2.75, 3.05) is 32.8 Å². The van der Waals surface area contributed by atoms with Crippen LogP contribution in [0.25, 0.3) is 0 Å². The van der Waals surface area contributed by atoms with E-state index >= 15 is 0 Å². The van der Waals surface area contributed by atoms with E-state index in [-0.39, 0.29) is 17.5 Å². The first-order valence-electron chi connectivity index (χ1n) is 8.20. The lowest BCUT2D eigenvalue weighted by molar-refractivity contribution is 0.171. The van der Waals surface area contributed by atoms with Crippen LogP contribution in [0.1, 0.15) is 25.7 Å². The molecule has 1 aromatic rings. The van der Waals surface area contributed by atoms with Crippen LogP contribution in [-0.2, 0) is 10.2 Å². The Balaban J connectivity index is 1.59. The summed E-state index contributed by atoms with van der Waals surface area (Å²) >= 11 is 0. The molecule has 5 nitrogen and oxygen atoms in total. The van der Waals surface area contributed by atoms with E-state index in [1.165, 1.54) is 6.07 Å². The van der Waals surface area contributed by atoms with Crippen LogP contribution in [0.15, 0.2) is 24.3 Å². The Morgan fingerprint density at radius 2 is 1.78 bits per heavy atom. The van der Waals surface area contributed by atoms with Gasteiger partial charge in [0.15, 0.2) is 11.6 Å². The van der Waals surface area contributed by atoms with Crippen molar-refractivity contribution in [2.24, 2.45) is 5.92 Å². The van der Waals surface area contributed by atoms with E-state index in [9.17, 15) is 12.8 Å². The lowest BCUT2D eigenvalue weighted by Gasteiger charge is -2.34. The highest BCUT2D eigenvalue weighted by Gasteiger charge is 2.35. The summed E-state index contributed by atoms with van der Waals surface area (Å²) in [4.78, 5) is 0. The van der Waals surface area contributed by atoms with Crippen molar-refractivity contribution >= 4 is 10.2 Å². The molecule has 2 aliphatic rings. The Bertz CT molecular complexity index is 632. The van der Waals surface area contributed by atoms with Crippen molar-refractivity contribution in [1.82, 2.24) is 8.61 Å². The molecule has 23 heavy (non-hydrogen) atoms. The molecule has 1 aromatic carbocycles. The normalized spacial score (nSPS) is 24.0. The van der Waals surface area contributed by atoms with E-state index < -0.39 is 10.2 Å². The van der Waals surface area contributed by atoms with E-state index in [4.69, 9.17) is 4.74 Å². The van der Waals surface area contributed by atoms with Gasteiger partial charge in [0, 0.05) is 32.1 Å². The van der Waals surface area contributed by atoms with Crippen LogP contribution in [-0.4, -0.2) is 49.8 Å². The van der Waals surface area contributed by atoms with Gasteiger partial charge in [0.05, 0.1) is 6.61 Å². The van der Waals surface area contributed by atoms with Gasteiger partial charge in [0.25, 0.3) is 10.2 Å². The number of ether oxygens (including phenoxy) is 1. The van der Waals surface area contributed by atoms with Crippen LogP contribution < -0.4 is 4.74 Å². The smallest absolute Gasteiger partial charge is 0.281 e. The summed E-state index contributed by atoms with van der Waals surface area (Å²) in [6.07, 6.45) is 3.60. The van der Waals surface area contributed by atoms with Crippen molar-refractivity contribution in [1.29, 1.82) is 0 Å². The molecule has 128 valence electrons. The average molecular weight is 342 g/mol. The fraction of sp³-hybridized carbons (Fsp3) is 0.625. The van der Waals surface area contributed by atoms with Gasteiger partial charge in [-0.15, -0.1) is 0 Å². The Kier molecular flexibility index (Phi) is 5.18. The second-order valence-electron chi connectivity index (χ2n) is 6.22. The van der Waals surface area contributed by atoms with Gasteiger partial charge in [-0.25, -0.2) is 4.39 Å². The number of halogens is 1. The number of benzene rings is 1. The number of rotatable bonds is 5. The van der Waals surface area contributed by atoms with Gasteiger partial charge in [-0.05, 0) is 37.8 Å². The zero-order valence-electron chi connectivity index (χ0n) is 13.2. The number of hydrogen-bond donors (Lipinski definition) is 0. The maximum absolute atomic E-state index is 13.6. The first-order valence-corrected chi connectivity index (χ1v) is 9.59. The maximum Gasteiger partial charge on any atom is 0.281 e. The molecule has 0 radical (unpaired) electrons. The molecule has 2 aliphatic heterocycles. The van der Waals surface area contributed by atoms with E-state index in [2.05, 4.69) is 0 Å². The average Bonchev–Trinajstić information content (AvgIpc) is 3.10. The number of nitrogens with zero attached hydrogens (tertiary/aromatic N) is 2. The summed E-state index contributed by atoms with van der Waals surface area (Å²) in [7, 11) is -3.35. The zero-order valence-corrected chi connectivity index (χ0v) is 14.0. The molecule has 0 N–H and O–H groups in total. The Morgan fingerprint density at radius 1 is 1.09 bits per heavy atom. The Morgan fingerprint density at radius 3 is 2.52 bits per heavy atom. The van der Waals surface area contributed by atoms with Gasteiger partial charge in [0.1, 0.15) is 0 Å². The molecule has 7 heteroatoms. The molecule has 0 bridgehead atoms. The van der Waals surface area contributed by atoms with Gasteiger partial charge in [0.2, 0.25) is 0 Å². The first kappa shape index (κ1) is 16.7. The van der Waals surface area contributed by atoms with Crippen LogP contribution in [0.3, 0.4) is 0 Å².